The predicted molar refractivity (Wildman–Crippen MR) is 518 cm³/mol. The summed E-state index contributed by atoms with van der Waals surface area (Å²) in [7, 11) is 4.58. The number of aromatic amines is 4. The second kappa shape index (κ2) is 41.6. The first-order valence-corrected chi connectivity index (χ1v) is 45.7. The number of fused-ring (bicyclic) bond motifs is 4. The van der Waals surface area contributed by atoms with Crippen LogP contribution in [0.5, 0.6) is 5.75 Å². The molecular formula is C93H87F3N40O11. The van der Waals surface area contributed by atoms with Crippen molar-refractivity contribution < 1.29 is 65.9 Å². The number of H-pyrrole nitrogens is 4. The molecule has 147 heavy (non-hydrogen) atoms. The Morgan fingerprint density at radius 3 is 1.24 bits per heavy atom. The van der Waals surface area contributed by atoms with Gasteiger partial charge < -0.3 is 74.1 Å². The third-order valence-electron chi connectivity index (χ3n) is 24.6. The van der Waals surface area contributed by atoms with Gasteiger partial charge in [0.25, 0.3) is 52.7 Å². The fraction of sp³-hybridized carbons (Fsp3) is 0.237. The third kappa shape index (κ3) is 19.4. The zero-order valence-electron chi connectivity index (χ0n) is 79.0. The van der Waals surface area contributed by atoms with Crippen LogP contribution in [-0.4, -0.2) is 354 Å². The van der Waals surface area contributed by atoms with Crippen molar-refractivity contribution in [3.05, 3.63) is 241 Å². The molecule has 1 atom stereocenters. The number of para-hydroxylation sites is 4. The number of carbonyl (C=O) groups excluding carboxylic acids is 10. The van der Waals surface area contributed by atoms with Crippen LogP contribution in [0, 0.1) is 24.4 Å². The number of aryl methyl sites for hydroxylation is 1. The van der Waals surface area contributed by atoms with E-state index in [1.54, 1.807) is 52.5 Å². The molecule has 4 aromatic carbocycles. The second-order valence-corrected chi connectivity index (χ2v) is 33.9. The molecule has 6 N–H and O–H groups in total. The summed E-state index contributed by atoms with van der Waals surface area (Å²) in [6.45, 7) is 10.3. The second-order valence-electron chi connectivity index (χ2n) is 33.9. The van der Waals surface area contributed by atoms with Gasteiger partial charge in [-0.2, -0.15) is 19.1 Å². The highest BCUT2D eigenvalue weighted by atomic mass is 19.1. The molecule has 4 fully saturated rings. The van der Waals surface area contributed by atoms with Crippen molar-refractivity contribution >= 4 is 138 Å². The molecule has 0 aliphatic carbocycles. The molecule has 0 spiro atoms. The van der Waals surface area contributed by atoms with Gasteiger partial charge in [-0.05, 0) is 93.7 Å². The number of hydrogen-bond donors (Lipinski definition) is 6. The van der Waals surface area contributed by atoms with Gasteiger partial charge in [0.05, 0.1) is 133 Å². The minimum Gasteiger partial charge on any atom is -0.494 e. The number of urea groups is 1. The van der Waals surface area contributed by atoms with Crippen LogP contribution in [0.25, 0.3) is 78.0 Å². The van der Waals surface area contributed by atoms with Gasteiger partial charge in [0.15, 0.2) is 40.7 Å². The van der Waals surface area contributed by atoms with Crippen LogP contribution in [0.1, 0.15) is 61.1 Å². The third-order valence-corrected chi connectivity index (χ3v) is 24.6. The van der Waals surface area contributed by atoms with E-state index in [0.717, 1.165) is 41.3 Å². The number of hydrogen-bond acceptors (Lipinski definition) is 34. The number of nitrogens with one attached hydrogen (secondary N) is 6. The van der Waals surface area contributed by atoms with Crippen LogP contribution in [0.2, 0.25) is 0 Å². The van der Waals surface area contributed by atoms with Gasteiger partial charge in [-0.25, -0.2) is 52.2 Å². The summed E-state index contributed by atoms with van der Waals surface area (Å²) >= 11 is 0. The number of carbonyl (C=O) groups is 10. The Hall–Kier alpha value is -19.6. The fourth-order valence-corrected chi connectivity index (χ4v) is 17.3. The molecule has 0 bridgehead atoms. The van der Waals surface area contributed by atoms with Crippen molar-refractivity contribution in [2.75, 3.05) is 150 Å². The standard InChI is InChI=1S/C25H24N10O3.C23H20FN11O2.C23H23FN10O3.C22H20FN9O3/c1-16-28-14-35(31-16)23-21-20(19(38-2)13-27-23)18(12-26-21)22(36)24(37)32-8-10-33(11-9-32)25-30-29-15-34(25)17-6-4-3-5-7-17;1-14-13-32(9-10-33(14)23-28-29-31-35(23)15-5-3-2-4-6-15)22(37)20(36)16-11-25-19-18(16)17(24)12-26-21(19)34-8-7-27-30-34;1-31(2)23(37)27-20-18-17(16(24)13-26-20)15(12-25-18)19(35)21(36)32-8-10-33(11-9-32)22-28-29-30-34(22)14-6-4-3-5-7-14;1-13(33)26-20-18-17(16(23)12-25-20)15(11-24-18)19(34)21(35)30-7-9-31(10-8-30)22-27-28-29-32(22)14-5-3-2-4-6-14/h3-7,12-15,26H,8-11H2,1-2H3;2-8,11-12,14,25H,9-10,13H2,1H3;3-7,12-13,25H,8-11H2,1-2H3,(H,26,27,37);2-6,11-12,24H,7-10H2,1H3,(H,25,26,33)/t;14-;;/m.1../s1. The smallest absolute Gasteiger partial charge is 0.322 e. The van der Waals surface area contributed by atoms with Gasteiger partial charge in [0.1, 0.15) is 24.2 Å². The highest BCUT2D eigenvalue weighted by molar-refractivity contribution is 6.47. The SMILES string of the molecule is CC(=O)Nc1ncc(F)c2c(C(=O)C(=O)N3CCN(c4nnnn4-c4ccccc4)CC3)c[nH]c12.CN(C)C(=O)Nc1ncc(F)c2c(C(=O)C(=O)N3CCN(c4nnnn4-c4ccccc4)CC3)c[nH]c12.COc1cnc(-n2cnc(C)n2)c2[nH]cc(C(=O)C(=O)N3CCN(c4nncn4-c4ccccc4)CC3)c12.C[C@@H]1CN(C(=O)C(=O)c2c[nH]c3c(-n4ccnn4)ncc(F)c23)CCN1c1nnnn1-c1ccccc1. The summed E-state index contributed by atoms with van der Waals surface area (Å²) in [5.74, 6) is -4.52. The Labute approximate surface area is 827 Å². The molecule has 14 aromatic heterocycles. The molecule has 4 aliphatic rings. The molecule has 18 heterocycles. The number of aromatic nitrogens is 29. The normalized spacial score (nSPS) is 14.3. The molecule has 54 heteroatoms. The number of benzene rings is 4. The summed E-state index contributed by atoms with van der Waals surface area (Å²) in [4.78, 5) is 176. The summed E-state index contributed by atoms with van der Waals surface area (Å²) < 4.78 is 59.1. The molecule has 746 valence electrons. The number of ketones is 4. The maximum absolute atomic E-state index is 14.8. The minimum atomic E-state index is -0.858. The first kappa shape index (κ1) is 96.2. The Kier molecular flexibility index (Phi) is 27.3. The molecule has 22 rings (SSSR count). The van der Waals surface area contributed by atoms with Gasteiger partial charge in [-0.15, -0.1) is 15.3 Å². The summed E-state index contributed by atoms with van der Waals surface area (Å²) in [6.07, 6.45) is 15.8. The van der Waals surface area contributed by atoms with Crippen molar-refractivity contribution in [2.24, 2.45) is 0 Å². The van der Waals surface area contributed by atoms with Crippen LogP contribution in [0.3, 0.4) is 0 Å². The Bertz CT molecular complexity index is 7980. The molecule has 0 saturated carbocycles. The zero-order chi connectivity index (χ0) is 102. The van der Waals surface area contributed by atoms with Gasteiger partial charge >= 0.3 is 6.03 Å². The summed E-state index contributed by atoms with van der Waals surface area (Å²) in [5, 5.41) is 61.5. The number of nitrogens with zero attached hydrogens (tertiary/aromatic N) is 34. The maximum Gasteiger partial charge on any atom is 0.322 e. The van der Waals surface area contributed by atoms with E-state index in [0.29, 0.717) is 111 Å². The predicted octanol–water partition coefficient (Wildman–Crippen LogP) is 5.22. The largest absolute Gasteiger partial charge is 0.494 e. The van der Waals surface area contributed by atoms with Gasteiger partial charge in [0, 0.05) is 150 Å². The van der Waals surface area contributed by atoms with E-state index in [1.165, 1.54) is 86.5 Å². The first-order chi connectivity index (χ1) is 71.4. The number of Topliss-reactive ketones (excluding diaryl/α,β-unsaturated/α-hetero) is 4. The molecule has 7 amide bonds. The lowest BCUT2D eigenvalue weighted by Gasteiger charge is -2.39. The van der Waals surface area contributed by atoms with Crippen molar-refractivity contribution in [3.63, 3.8) is 0 Å². The molecule has 4 aliphatic heterocycles. The number of ether oxygens (including phenoxy) is 1. The van der Waals surface area contributed by atoms with E-state index in [2.05, 4.69) is 133 Å². The average molecular weight is 2000 g/mol. The molecular weight excluding hydrogens is 1910 g/mol. The minimum absolute atomic E-state index is 0.0208. The molecule has 18 aromatic rings. The number of halogens is 3. The van der Waals surface area contributed by atoms with Crippen molar-refractivity contribution in [1.29, 1.82) is 0 Å². The van der Waals surface area contributed by atoms with E-state index in [1.807, 2.05) is 148 Å². The van der Waals surface area contributed by atoms with E-state index in [-0.39, 0.29) is 118 Å². The van der Waals surface area contributed by atoms with Crippen molar-refractivity contribution in [1.82, 2.24) is 170 Å². The van der Waals surface area contributed by atoms with Crippen LogP contribution in [-0.2, 0) is 24.0 Å². The van der Waals surface area contributed by atoms with E-state index < -0.39 is 76.2 Å². The highest BCUT2D eigenvalue weighted by Crippen LogP contribution is 2.36. The lowest BCUT2D eigenvalue weighted by molar-refractivity contribution is -0.127. The van der Waals surface area contributed by atoms with Crippen molar-refractivity contribution in [3.8, 4) is 40.1 Å². The number of tetrazole rings is 3. The van der Waals surface area contributed by atoms with E-state index >= 15 is 0 Å². The highest BCUT2D eigenvalue weighted by Gasteiger charge is 2.39. The lowest BCUT2D eigenvalue weighted by Crippen LogP contribution is -2.55. The van der Waals surface area contributed by atoms with Gasteiger partial charge in [-0.3, -0.25) is 53.0 Å². The van der Waals surface area contributed by atoms with Crippen LogP contribution >= 0.6 is 0 Å². The fourth-order valence-electron chi connectivity index (χ4n) is 17.3. The van der Waals surface area contributed by atoms with Crippen LogP contribution in [0.15, 0.2) is 196 Å². The summed E-state index contributed by atoms with van der Waals surface area (Å²) in [6, 6.07) is 37.5. The van der Waals surface area contributed by atoms with Crippen LogP contribution in [0.4, 0.5) is 53.4 Å². The number of amides is 7. The number of pyridine rings is 4. The average Bonchev–Trinajstić information content (AvgIpc) is 1.63. The van der Waals surface area contributed by atoms with Crippen molar-refractivity contribution in [2.45, 2.75) is 26.8 Å². The molecule has 51 nitrogen and oxygen atoms in total. The van der Waals surface area contributed by atoms with E-state index in [4.69, 9.17) is 4.74 Å². The zero-order valence-corrected chi connectivity index (χ0v) is 79.0. The summed E-state index contributed by atoms with van der Waals surface area (Å²) in [5.41, 5.74) is 4.28. The Balaban J connectivity index is 0.000000124. The number of methoxy groups -OCH3 is 1. The monoisotopic (exact) mass is 2000 g/mol. The Morgan fingerprint density at radius 1 is 0.415 bits per heavy atom. The van der Waals surface area contributed by atoms with Crippen LogP contribution < -0.4 is 35.0 Å². The van der Waals surface area contributed by atoms with Gasteiger partial charge in [-0.1, -0.05) is 93.3 Å². The Morgan fingerprint density at radius 2 is 0.810 bits per heavy atom. The van der Waals surface area contributed by atoms with Gasteiger partial charge in [0.2, 0.25) is 23.8 Å². The number of rotatable bonds is 21. The molecule has 0 radical (unpaired) electrons. The topological polar surface area (TPSA) is 571 Å². The first-order valence-electron chi connectivity index (χ1n) is 45.7. The van der Waals surface area contributed by atoms with E-state index in [9.17, 15) is 61.1 Å². The molecule has 0 unspecified atom stereocenters. The number of anilines is 6. The molecule has 4 saturated heterocycles. The maximum atomic E-state index is 14.8. The quantitative estimate of drug-likeness (QED) is 0.0396. The number of piperazine rings is 4. The lowest BCUT2D eigenvalue weighted by atomic mass is 10.1.